The molecule has 2 heteroatoms. The lowest BCUT2D eigenvalue weighted by Gasteiger charge is -2.34. The van der Waals surface area contributed by atoms with E-state index in [9.17, 15) is 4.79 Å². The smallest absolute Gasteiger partial charge is 0.136 e. The third-order valence-corrected chi connectivity index (χ3v) is 4.84. The number of aryl methyl sites for hydroxylation is 2. The van der Waals surface area contributed by atoms with E-state index < -0.39 is 0 Å². The van der Waals surface area contributed by atoms with Crippen LogP contribution < -0.4 is 0 Å². The maximum atomic E-state index is 11.6. The molecule has 3 rings (SSSR count). The van der Waals surface area contributed by atoms with Gasteiger partial charge < -0.3 is 0 Å². The van der Waals surface area contributed by atoms with Crippen molar-refractivity contribution in [1.29, 1.82) is 0 Å². The molecule has 2 aliphatic rings. The van der Waals surface area contributed by atoms with Crippen LogP contribution in [0.25, 0.3) is 0 Å². The Labute approximate surface area is 115 Å². The summed E-state index contributed by atoms with van der Waals surface area (Å²) in [6.07, 6.45) is 5.16. The highest BCUT2D eigenvalue weighted by molar-refractivity contribution is 5.80. The molecule has 2 unspecified atom stereocenters. The summed E-state index contributed by atoms with van der Waals surface area (Å²) in [5.41, 5.74) is 4.20. The number of piperidine rings is 1. The fourth-order valence-corrected chi connectivity index (χ4v) is 3.80. The van der Waals surface area contributed by atoms with Crippen LogP contribution in [-0.4, -0.2) is 29.3 Å². The van der Waals surface area contributed by atoms with E-state index in [2.05, 4.69) is 36.9 Å². The van der Waals surface area contributed by atoms with E-state index in [4.69, 9.17) is 0 Å². The Kier molecular flexibility index (Phi) is 3.44. The molecule has 0 N–H and O–H groups in total. The van der Waals surface area contributed by atoms with Crippen molar-refractivity contribution in [1.82, 2.24) is 4.90 Å². The second-order valence-corrected chi connectivity index (χ2v) is 6.25. The van der Waals surface area contributed by atoms with Crippen LogP contribution in [0.3, 0.4) is 0 Å². The molecule has 0 aromatic heterocycles. The van der Waals surface area contributed by atoms with Gasteiger partial charge in [-0.25, -0.2) is 0 Å². The molecule has 2 nitrogen and oxygen atoms in total. The molecule has 0 saturated carbocycles. The predicted octanol–water partition coefficient (Wildman–Crippen LogP) is 3.04. The van der Waals surface area contributed by atoms with Crippen molar-refractivity contribution in [2.45, 2.75) is 58.0 Å². The molecule has 0 radical (unpaired) electrons. The summed E-state index contributed by atoms with van der Waals surface area (Å²) in [7, 11) is 0. The summed E-state index contributed by atoms with van der Waals surface area (Å²) in [5.74, 6) is 0.482. The van der Waals surface area contributed by atoms with Gasteiger partial charge in [-0.05, 0) is 44.2 Å². The van der Waals surface area contributed by atoms with E-state index in [0.717, 1.165) is 25.8 Å². The minimum absolute atomic E-state index is 0.482. The Bertz CT molecular complexity index is 478. The van der Waals surface area contributed by atoms with Gasteiger partial charge in [0.1, 0.15) is 5.78 Å². The summed E-state index contributed by atoms with van der Waals surface area (Å²) >= 11 is 0. The van der Waals surface area contributed by atoms with Crippen LogP contribution in [0, 0.1) is 13.8 Å². The van der Waals surface area contributed by atoms with Crippen LogP contribution in [-0.2, 0) is 11.2 Å². The maximum Gasteiger partial charge on any atom is 0.136 e. The van der Waals surface area contributed by atoms with Crippen molar-refractivity contribution < 1.29 is 4.79 Å². The van der Waals surface area contributed by atoms with Crippen molar-refractivity contribution in [2.24, 2.45) is 0 Å². The Morgan fingerprint density at radius 3 is 2.47 bits per heavy atom. The highest BCUT2D eigenvalue weighted by atomic mass is 16.1. The van der Waals surface area contributed by atoms with Gasteiger partial charge in [-0.3, -0.25) is 9.69 Å². The summed E-state index contributed by atoms with van der Waals surface area (Å²) in [5, 5.41) is 0. The first-order valence-corrected chi connectivity index (χ1v) is 7.47. The van der Waals surface area contributed by atoms with Crippen molar-refractivity contribution in [3.8, 4) is 0 Å². The normalized spacial score (nSPS) is 26.9. The highest BCUT2D eigenvalue weighted by Gasteiger charge is 2.39. The lowest BCUT2D eigenvalue weighted by molar-refractivity contribution is -0.123. The minimum Gasteiger partial charge on any atom is -0.300 e. The molecule has 1 aromatic carbocycles. The molecule has 1 aromatic rings. The zero-order chi connectivity index (χ0) is 13.4. The maximum absolute atomic E-state index is 11.6. The number of carbonyl (C=O) groups excluding carboxylic acids is 1. The van der Waals surface area contributed by atoms with Gasteiger partial charge in [0.05, 0.1) is 0 Å². The van der Waals surface area contributed by atoms with Crippen LogP contribution in [0.1, 0.15) is 42.4 Å². The zero-order valence-electron chi connectivity index (χ0n) is 12.0. The molecule has 2 bridgehead atoms. The number of hydrogen-bond donors (Lipinski definition) is 0. The largest absolute Gasteiger partial charge is 0.300 e. The van der Waals surface area contributed by atoms with Crippen LogP contribution in [0.2, 0.25) is 0 Å². The molecule has 0 spiro atoms. The zero-order valence-corrected chi connectivity index (χ0v) is 12.0. The third-order valence-electron chi connectivity index (χ3n) is 4.84. The molecule has 0 amide bonds. The van der Waals surface area contributed by atoms with Crippen molar-refractivity contribution in [2.75, 3.05) is 6.54 Å². The third kappa shape index (κ3) is 2.59. The molecule has 2 heterocycles. The second-order valence-electron chi connectivity index (χ2n) is 6.25. The van der Waals surface area contributed by atoms with Crippen molar-refractivity contribution in [3.05, 3.63) is 34.9 Å². The topological polar surface area (TPSA) is 20.3 Å². The summed E-state index contributed by atoms with van der Waals surface area (Å²) < 4.78 is 0. The second kappa shape index (κ2) is 5.09. The van der Waals surface area contributed by atoms with Crippen LogP contribution in [0.5, 0.6) is 0 Å². The number of ketones is 1. The molecule has 2 saturated heterocycles. The van der Waals surface area contributed by atoms with Gasteiger partial charge in [-0.15, -0.1) is 0 Å². The number of hydrogen-bond acceptors (Lipinski definition) is 2. The molecule has 102 valence electrons. The van der Waals surface area contributed by atoms with E-state index >= 15 is 0 Å². The van der Waals surface area contributed by atoms with Gasteiger partial charge in [0, 0.05) is 31.5 Å². The lowest BCUT2D eigenvalue weighted by Crippen LogP contribution is -2.44. The fraction of sp³-hybridized carbons (Fsp3) is 0.588. The average molecular weight is 257 g/mol. The number of fused-ring (bicyclic) bond motifs is 2. The predicted molar refractivity (Wildman–Crippen MR) is 77.4 cm³/mol. The van der Waals surface area contributed by atoms with Crippen molar-refractivity contribution in [3.63, 3.8) is 0 Å². The fourth-order valence-electron chi connectivity index (χ4n) is 3.80. The number of benzene rings is 1. The Hall–Kier alpha value is -1.15. The van der Waals surface area contributed by atoms with E-state index in [-0.39, 0.29) is 0 Å². The van der Waals surface area contributed by atoms with Gasteiger partial charge in [-0.1, -0.05) is 23.8 Å². The van der Waals surface area contributed by atoms with Crippen molar-refractivity contribution >= 4 is 5.78 Å². The first-order valence-electron chi connectivity index (χ1n) is 7.47. The quantitative estimate of drug-likeness (QED) is 0.829. The molecule has 2 aliphatic heterocycles. The van der Waals surface area contributed by atoms with Gasteiger partial charge in [0.15, 0.2) is 0 Å². The molecule has 2 atom stereocenters. The Balaban J connectivity index is 1.65. The number of rotatable bonds is 3. The van der Waals surface area contributed by atoms with Gasteiger partial charge in [0.2, 0.25) is 0 Å². The average Bonchev–Trinajstić information content (AvgIpc) is 2.60. The standard InChI is InChI=1S/C17H23NO/c1-12-3-4-14(13(2)9-12)7-8-18-15-5-6-16(18)11-17(19)10-15/h3-4,9,15-16H,5-8,10-11H2,1-2H3. The lowest BCUT2D eigenvalue weighted by atomic mass is 9.99. The molecular formula is C17H23NO. The first kappa shape index (κ1) is 12.9. The summed E-state index contributed by atoms with van der Waals surface area (Å²) in [4.78, 5) is 14.2. The molecule has 19 heavy (non-hydrogen) atoms. The van der Waals surface area contributed by atoms with Crippen LogP contribution in [0.4, 0.5) is 0 Å². The highest BCUT2D eigenvalue weighted by Crippen LogP contribution is 2.33. The van der Waals surface area contributed by atoms with E-state index in [1.54, 1.807) is 0 Å². The van der Waals surface area contributed by atoms with Crippen LogP contribution in [0.15, 0.2) is 18.2 Å². The van der Waals surface area contributed by atoms with E-state index in [1.807, 2.05) is 0 Å². The SMILES string of the molecule is Cc1ccc(CCN2C3CCC2CC(=O)C3)c(C)c1. The monoisotopic (exact) mass is 257 g/mol. The number of Topliss-reactive ketones (excluding diaryl/α,β-unsaturated/α-hetero) is 1. The summed E-state index contributed by atoms with van der Waals surface area (Å²) in [6.45, 7) is 5.47. The molecule has 2 fully saturated rings. The summed E-state index contributed by atoms with van der Waals surface area (Å²) in [6, 6.07) is 7.82. The first-order chi connectivity index (χ1) is 9.13. The van der Waals surface area contributed by atoms with E-state index in [1.165, 1.54) is 29.5 Å². The Morgan fingerprint density at radius 1 is 1.16 bits per heavy atom. The Morgan fingerprint density at radius 2 is 1.84 bits per heavy atom. The number of carbonyl (C=O) groups is 1. The van der Waals surface area contributed by atoms with E-state index in [0.29, 0.717) is 17.9 Å². The van der Waals surface area contributed by atoms with Gasteiger partial charge in [-0.2, -0.15) is 0 Å². The van der Waals surface area contributed by atoms with Crippen LogP contribution >= 0.6 is 0 Å². The molecular weight excluding hydrogens is 234 g/mol. The number of nitrogens with zero attached hydrogens (tertiary/aromatic N) is 1. The minimum atomic E-state index is 0.482. The molecule has 0 aliphatic carbocycles. The van der Waals surface area contributed by atoms with Gasteiger partial charge >= 0.3 is 0 Å². The van der Waals surface area contributed by atoms with Gasteiger partial charge in [0.25, 0.3) is 0 Å².